The van der Waals surface area contributed by atoms with E-state index in [4.69, 9.17) is 51.5 Å². The van der Waals surface area contributed by atoms with Crippen LogP contribution in [0.4, 0.5) is 29.5 Å². The summed E-state index contributed by atoms with van der Waals surface area (Å²) >= 11 is 17.3. The molecule has 47 heavy (non-hydrogen) atoms. The Morgan fingerprint density at radius 2 is 1.34 bits per heavy atom. The molecule has 0 bridgehead atoms. The lowest BCUT2D eigenvalue weighted by Crippen LogP contribution is -2.54. The van der Waals surface area contributed by atoms with Crippen LogP contribution in [0.15, 0.2) is 34.3 Å². The zero-order valence-electron chi connectivity index (χ0n) is 27.6. The van der Waals surface area contributed by atoms with Gasteiger partial charge in [-0.2, -0.15) is 40.2 Å². The Morgan fingerprint density at radius 3 is 1.81 bits per heavy atom. The Hall–Kier alpha value is -4.46. The minimum absolute atomic E-state index is 0.0854. The van der Waals surface area contributed by atoms with Crippen LogP contribution in [0.1, 0.15) is 55.4 Å². The number of halogens is 3. The highest BCUT2D eigenvalue weighted by molar-refractivity contribution is 6.30. The number of aliphatic imine (C=N–C) groups is 2. The summed E-state index contributed by atoms with van der Waals surface area (Å²) in [5.74, 6) is 2.18. The predicted molar refractivity (Wildman–Crippen MR) is 191 cm³/mol. The molecule has 254 valence electrons. The zero-order chi connectivity index (χ0) is 35.4. The summed E-state index contributed by atoms with van der Waals surface area (Å²) in [5, 5.41) is 21.6. The van der Waals surface area contributed by atoms with Gasteiger partial charge >= 0.3 is 0 Å². The second kappa shape index (κ2) is 17.5. The monoisotopic (exact) mass is 706 g/mol. The lowest BCUT2D eigenvalue weighted by atomic mass is 10.1. The van der Waals surface area contributed by atoms with Gasteiger partial charge in [0.1, 0.15) is 11.2 Å². The molecule has 0 fully saturated rings. The van der Waals surface area contributed by atoms with Crippen LogP contribution < -0.4 is 37.6 Å². The minimum atomic E-state index is -0.756. The fourth-order valence-corrected chi connectivity index (χ4v) is 4.15. The SMILES string of the molecule is CC1(C)N=C(N)N=C(N)N1c1ccc(Cl)cc1.CCNc1nc(Cl)nc(NC(C)(C)C#N)n1.CCNc1nc(Cl)nc(NC(C)C)n1. The minimum Gasteiger partial charge on any atom is -0.369 e. The molecule has 0 unspecified atom stereocenters. The van der Waals surface area contributed by atoms with Gasteiger partial charge in [-0.25, -0.2) is 4.99 Å². The van der Waals surface area contributed by atoms with Crippen molar-refractivity contribution < 1.29 is 0 Å². The number of nitrogens with zero attached hydrogens (tertiary/aromatic N) is 10. The second-order valence-electron chi connectivity index (χ2n) is 11.0. The van der Waals surface area contributed by atoms with Crippen LogP contribution in [-0.2, 0) is 0 Å². The average molecular weight is 708 g/mol. The third kappa shape index (κ3) is 13.1. The maximum atomic E-state index is 8.87. The zero-order valence-corrected chi connectivity index (χ0v) is 29.8. The highest BCUT2D eigenvalue weighted by atomic mass is 35.5. The largest absolute Gasteiger partial charge is 0.369 e. The first kappa shape index (κ1) is 38.7. The van der Waals surface area contributed by atoms with Crippen LogP contribution in [0.25, 0.3) is 0 Å². The first-order valence-electron chi connectivity index (χ1n) is 14.5. The number of rotatable bonds is 9. The molecule has 19 heteroatoms. The summed E-state index contributed by atoms with van der Waals surface area (Å²) in [7, 11) is 0. The van der Waals surface area contributed by atoms with E-state index in [1.165, 1.54) is 0 Å². The summed E-state index contributed by atoms with van der Waals surface area (Å²) in [6.07, 6.45) is 0. The van der Waals surface area contributed by atoms with E-state index < -0.39 is 11.2 Å². The Labute approximate surface area is 289 Å². The van der Waals surface area contributed by atoms with Crippen LogP contribution in [0.3, 0.4) is 0 Å². The molecule has 0 atom stereocenters. The van der Waals surface area contributed by atoms with E-state index >= 15 is 0 Å². The first-order chi connectivity index (χ1) is 22.0. The molecule has 3 heterocycles. The van der Waals surface area contributed by atoms with Crippen molar-refractivity contribution in [2.24, 2.45) is 21.5 Å². The third-order valence-corrected chi connectivity index (χ3v) is 6.08. The number of hydrogen-bond acceptors (Lipinski definition) is 16. The topological polar surface area (TPSA) is 229 Å². The highest BCUT2D eigenvalue weighted by Gasteiger charge is 2.32. The van der Waals surface area contributed by atoms with Gasteiger partial charge in [0, 0.05) is 29.8 Å². The maximum absolute atomic E-state index is 8.87. The maximum Gasteiger partial charge on any atom is 0.230 e. The normalized spacial score (nSPS) is 13.5. The Morgan fingerprint density at radius 1 is 0.851 bits per heavy atom. The molecule has 1 aliphatic rings. The van der Waals surface area contributed by atoms with Crippen molar-refractivity contribution >= 4 is 76.2 Å². The van der Waals surface area contributed by atoms with Gasteiger partial charge in [-0.15, -0.1) is 0 Å². The van der Waals surface area contributed by atoms with Gasteiger partial charge in [-0.3, -0.25) is 4.90 Å². The van der Waals surface area contributed by atoms with Gasteiger partial charge in [0.05, 0.1) is 6.07 Å². The molecule has 0 radical (unpaired) electrons. The molecule has 16 nitrogen and oxygen atoms in total. The van der Waals surface area contributed by atoms with Crippen molar-refractivity contribution in [3.63, 3.8) is 0 Å². The van der Waals surface area contributed by atoms with E-state index in [1.807, 2.05) is 53.7 Å². The van der Waals surface area contributed by atoms with E-state index in [0.29, 0.717) is 35.4 Å². The van der Waals surface area contributed by atoms with E-state index in [9.17, 15) is 0 Å². The summed E-state index contributed by atoms with van der Waals surface area (Å²) in [6.45, 7) is 16.6. The Bertz CT molecular complexity index is 1570. The molecule has 0 spiro atoms. The summed E-state index contributed by atoms with van der Waals surface area (Å²) in [6, 6.07) is 9.67. The number of anilines is 5. The number of guanidine groups is 2. The Kier molecular flexibility index (Phi) is 14.4. The molecule has 1 aliphatic heterocycles. The molecule has 0 saturated heterocycles. The fraction of sp³-hybridized carbons (Fsp3) is 0.464. The summed E-state index contributed by atoms with van der Waals surface area (Å²) < 4.78 is 0. The second-order valence-corrected chi connectivity index (χ2v) is 12.1. The molecule has 0 aliphatic carbocycles. The molecule has 8 N–H and O–H groups in total. The van der Waals surface area contributed by atoms with Crippen molar-refractivity contribution in [2.45, 2.75) is 72.6 Å². The highest BCUT2D eigenvalue weighted by Crippen LogP contribution is 2.28. The number of nitriles is 1. The van der Waals surface area contributed by atoms with Crippen LogP contribution in [0, 0.1) is 11.3 Å². The van der Waals surface area contributed by atoms with Crippen molar-refractivity contribution in [1.29, 1.82) is 5.26 Å². The van der Waals surface area contributed by atoms with Crippen molar-refractivity contribution in [3.05, 3.63) is 39.9 Å². The van der Waals surface area contributed by atoms with E-state index in [2.05, 4.69) is 67.2 Å². The molecular formula is C28H41Cl3N16. The van der Waals surface area contributed by atoms with Crippen molar-refractivity contribution in [1.82, 2.24) is 29.9 Å². The molecule has 2 aromatic heterocycles. The summed E-state index contributed by atoms with van der Waals surface area (Å²) in [5.41, 5.74) is 11.0. The first-order valence-corrected chi connectivity index (χ1v) is 15.6. The standard InChI is InChI=1S/C11H14ClN5.C9H13ClN6.C8H14ClN5/c1-11(2)16-9(13)15-10(14)17(11)8-5-3-7(12)4-6-8;1-4-12-7-13-6(10)14-8(15-7)16-9(2,3)5-11;1-4-10-7-12-6(9)13-8(14-7)11-5(2)3/h3-6H,1-2H3,(H4,13,14,15,16);4H2,1-3H3,(H2,12,13,14,15,16);5H,4H2,1-3H3,(H2,10,11,12,13,14). The van der Waals surface area contributed by atoms with Crippen LogP contribution in [-0.4, -0.2) is 72.2 Å². The van der Waals surface area contributed by atoms with E-state index in [0.717, 1.165) is 12.2 Å². The molecule has 1 aromatic carbocycles. The molecule has 4 rings (SSSR count). The average Bonchev–Trinajstić information content (AvgIpc) is 2.93. The van der Waals surface area contributed by atoms with Crippen molar-refractivity contribution in [2.75, 3.05) is 39.3 Å². The van der Waals surface area contributed by atoms with Gasteiger partial charge in [-0.1, -0.05) is 11.6 Å². The van der Waals surface area contributed by atoms with Gasteiger partial charge in [-0.05, 0) is 103 Å². The van der Waals surface area contributed by atoms with E-state index in [-0.39, 0.29) is 28.5 Å². The lowest BCUT2D eigenvalue weighted by molar-refractivity contribution is 0.534. The third-order valence-electron chi connectivity index (χ3n) is 5.49. The Balaban J connectivity index is 0.000000246. The molecular weight excluding hydrogens is 667 g/mol. The van der Waals surface area contributed by atoms with Gasteiger partial charge in [0.25, 0.3) is 0 Å². The number of nitrogens with one attached hydrogen (secondary N) is 4. The lowest BCUT2D eigenvalue weighted by Gasteiger charge is -2.38. The number of hydrogen-bond donors (Lipinski definition) is 6. The number of nitrogens with two attached hydrogens (primary N) is 2. The number of benzene rings is 1. The molecule has 3 aromatic rings. The number of aromatic nitrogens is 6. The smallest absolute Gasteiger partial charge is 0.230 e. The predicted octanol–water partition coefficient (Wildman–Crippen LogP) is 4.97. The van der Waals surface area contributed by atoms with Gasteiger partial charge < -0.3 is 32.7 Å². The fourth-order valence-electron chi connectivity index (χ4n) is 3.70. The molecule has 0 saturated carbocycles. The van der Waals surface area contributed by atoms with Gasteiger partial charge in [0.2, 0.25) is 46.3 Å². The quantitative estimate of drug-likeness (QED) is 0.172. The molecule has 0 amide bonds. The van der Waals surface area contributed by atoms with Crippen LogP contribution >= 0.6 is 34.8 Å². The van der Waals surface area contributed by atoms with Crippen molar-refractivity contribution in [3.8, 4) is 6.07 Å². The van der Waals surface area contributed by atoms with Gasteiger partial charge in [0.15, 0.2) is 0 Å². The summed E-state index contributed by atoms with van der Waals surface area (Å²) in [4.78, 5) is 33.9. The van der Waals surface area contributed by atoms with E-state index in [1.54, 1.807) is 30.9 Å². The van der Waals surface area contributed by atoms with Crippen LogP contribution in [0.2, 0.25) is 15.6 Å². The van der Waals surface area contributed by atoms with Crippen LogP contribution in [0.5, 0.6) is 0 Å².